The molecule has 0 bridgehead atoms. The zero-order chi connectivity index (χ0) is 14.3. The monoisotopic (exact) mass is 270 g/mol. The number of nitrogens with two attached hydrogens (primary N) is 1. The van der Waals surface area contributed by atoms with Crippen LogP contribution in [0.25, 0.3) is 0 Å². The summed E-state index contributed by atoms with van der Waals surface area (Å²) < 4.78 is 5.92. The summed E-state index contributed by atoms with van der Waals surface area (Å²) in [4.78, 5) is 11.9. The third-order valence-electron chi connectivity index (χ3n) is 4.21. The quantitative estimate of drug-likeness (QED) is 0.746. The van der Waals surface area contributed by atoms with Crippen molar-refractivity contribution in [2.75, 3.05) is 6.61 Å². The zero-order valence-electron chi connectivity index (χ0n) is 12.7. The van der Waals surface area contributed by atoms with Crippen molar-refractivity contribution in [2.45, 2.75) is 83.4 Å². The average Bonchev–Trinajstić information content (AvgIpc) is 2.38. The van der Waals surface area contributed by atoms with E-state index in [2.05, 4.69) is 19.2 Å². The molecule has 112 valence electrons. The van der Waals surface area contributed by atoms with Gasteiger partial charge in [-0.1, -0.05) is 13.8 Å². The molecule has 19 heavy (non-hydrogen) atoms. The molecule has 0 aromatic heterocycles. The van der Waals surface area contributed by atoms with Crippen molar-refractivity contribution in [3.8, 4) is 0 Å². The Bertz CT molecular complexity index is 275. The van der Waals surface area contributed by atoms with Crippen LogP contribution in [0.2, 0.25) is 0 Å². The summed E-state index contributed by atoms with van der Waals surface area (Å²) in [6.07, 6.45) is 6.28. The zero-order valence-corrected chi connectivity index (χ0v) is 12.7. The second-order valence-corrected chi connectivity index (χ2v) is 5.87. The molecule has 1 heterocycles. The molecule has 0 aromatic rings. The van der Waals surface area contributed by atoms with Gasteiger partial charge in [0.05, 0.1) is 5.60 Å². The average molecular weight is 270 g/mol. The van der Waals surface area contributed by atoms with E-state index in [1.165, 1.54) is 0 Å². The van der Waals surface area contributed by atoms with Crippen LogP contribution in [0.4, 0.5) is 0 Å². The molecule has 0 aliphatic carbocycles. The van der Waals surface area contributed by atoms with E-state index in [0.29, 0.717) is 6.42 Å². The van der Waals surface area contributed by atoms with Gasteiger partial charge in [-0.3, -0.25) is 4.79 Å². The SMILES string of the molecule is CCC1(CC)CC(NC(=O)CCCC(C)N)CCO1. The third-order valence-corrected chi connectivity index (χ3v) is 4.21. The summed E-state index contributed by atoms with van der Waals surface area (Å²) >= 11 is 0. The first kappa shape index (κ1) is 16.4. The van der Waals surface area contributed by atoms with Gasteiger partial charge in [0, 0.05) is 25.1 Å². The van der Waals surface area contributed by atoms with Gasteiger partial charge in [-0.15, -0.1) is 0 Å². The van der Waals surface area contributed by atoms with Gasteiger partial charge in [-0.05, 0) is 45.4 Å². The van der Waals surface area contributed by atoms with Gasteiger partial charge in [0.15, 0.2) is 0 Å². The first-order valence-electron chi connectivity index (χ1n) is 7.70. The van der Waals surface area contributed by atoms with Gasteiger partial charge in [0.1, 0.15) is 0 Å². The van der Waals surface area contributed by atoms with Crippen molar-refractivity contribution in [1.29, 1.82) is 0 Å². The van der Waals surface area contributed by atoms with E-state index in [4.69, 9.17) is 10.5 Å². The van der Waals surface area contributed by atoms with Crippen LogP contribution >= 0.6 is 0 Å². The van der Waals surface area contributed by atoms with Gasteiger partial charge in [0.2, 0.25) is 5.91 Å². The van der Waals surface area contributed by atoms with Crippen molar-refractivity contribution < 1.29 is 9.53 Å². The van der Waals surface area contributed by atoms with E-state index < -0.39 is 0 Å². The molecule has 1 amide bonds. The van der Waals surface area contributed by atoms with Crippen LogP contribution in [-0.2, 0) is 9.53 Å². The predicted octanol–water partition coefficient (Wildman–Crippen LogP) is 2.36. The van der Waals surface area contributed by atoms with E-state index in [1.807, 2.05) is 6.92 Å². The summed E-state index contributed by atoms with van der Waals surface area (Å²) in [5.74, 6) is 0.161. The van der Waals surface area contributed by atoms with Gasteiger partial charge in [0.25, 0.3) is 0 Å². The minimum atomic E-state index is -0.0258. The second-order valence-electron chi connectivity index (χ2n) is 5.87. The highest BCUT2D eigenvalue weighted by molar-refractivity contribution is 5.76. The van der Waals surface area contributed by atoms with Gasteiger partial charge < -0.3 is 15.8 Å². The normalized spacial score (nSPS) is 23.9. The predicted molar refractivity (Wildman–Crippen MR) is 77.9 cm³/mol. The molecule has 0 spiro atoms. The fourth-order valence-corrected chi connectivity index (χ4v) is 2.78. The summed E-state index contributed by atoms with van der Waals surface area (Å²) in [6.45, 7) is 7.06. The number of carbonyl (C=O) groups excluding carboxylic acids is 1. The molecule has 1 aliphatic rings. The Labute approximate surface area is 117 Å². The smallest absolute Gasteiger partial charge is 0.220 e. The lowest BCUT2D eigenvalue weighted by atomic mass is 9.86. The van der Waals surface area contributed by atoms with Crippen molar-refractivity contribution in [3.05, 3.63) is 0 Å². The molecule has 1 saturated heterocycles. The summed E-state index contributed by atoms with van der Waals surface area (Å²) in [6, 6.07) is 0.458. The molecule has 1 aliphatic heterocycles. The molecule has 1 rings (SSSR count). The Morgan fingerprint density at radius 2 is 2.16 bits per heavy atom. The van der Waals surface area contributed by atoms with Crippen LogP contribution < -0.4 is 11.1 Å². The third kappa shape index (κ3) is 5.49. The molecule has 4 heteroatoms. The van der Waals surface area contributed by atoms with Crippen LogP contribution in [-0.4, -0.2) is 30.2 Å². The maximum absolute atomic E-state index is 11.9. The van der Waals surface area contributed by atoms with Crippen LogP contribution in [0.1, 0.15) is 65.7 Å². The highest BCUT2D eigenvalue weighted by Gasteiger charge is 2.34. The minimum absolute atomic E-state index is 0.0258. The van der Waals surface area contributed by atoms with Crippen molar-refractivity contribution in [1.82, 2.24) is 5.32 Å². The highest BCUT2D eigenvalue weighted by atomic mass is 16.5. The molecule has 4 nitrogen and oxygen atoms in total. The summed E-state index contributed by atoms with van der Waals surface area (Å²) in [5.41, 5.74) is 5.66. The fraction of sp³-hybridized carbons (Fsp3) is 0.933. The number of amides is 1. The van der Waals surface area contributed by atoms with E-state index >= 15 is 0 Å². The molecule has 3 N–H and O–H groups in total. The summed E-state index contributed by atoms with van der Waals surface area (Å²) in [7, 11) is 0. The van der Waals surface area contributed by atoms with Crippen molar-refractivity contribution in [3.63, 3.8) is 0 Å². The van der Waals surface area contributed by atoms with E-state index in [0.717, 1.165) is 45.1 Å². The Hall–Kier alpha value is -0.610. The molecule has 0 aromatic carbocycles. The number of hydrogen-bond acceptors (Lipinski definition) is 3. The fourth-order valence-electron chi connectivity index (χ4n) is 2.78. The second kappa shape index (κ2) is 7.85. The number of nitrogens with one attached hydrogen (secondary N) is 1. The largest absolute Gasteiger partial charge is 0.375 e. The standard InChI is InChI=1S/C15H30N2O2/c1-4-15(5-2)11-13(9-10-19-15)17-14(18)8-6-7-12(3)16/h12-13H,4-11,16H2,1-3H3,(H,17,18). The highest BCUT2D eigenvalue weighted by Crippen LogP contribution is 2.31. The lowest BCUT2D eigenvalue weighted by molar-refractivity contribution is -0.126. The number of ether oxygens (including phenoxy) is 1. The van der Waals surface area contributed by atoms with Crippen LogP contribution in [0.3, 0.4) is 0 Å². The Kier molecular flexibility index (Phi) is 6.80. The molecule has 2 atom stereocenters. The Balaban J connectivity index is 2.33. The molecule has 2 unspecified atom stereocenters. The van der Waals surface area contributed by atoms with Crippen molar-refractivity contribution in [2.24, 2.45) is 5.73 Å². The molecule has 0 radical (unpaired) electrons. The Morgan fingerprint density at radius 1 is 1.47 bits per heavy atom. The van der Waals surface area contributed by atoms with E-state index in [9.17, 15) is 4.79 Å². The van der Waals surface area contributed by atoms with Gasteiger partial charge in [-0.25, -0.2) is 0 Å². The summed E-state index contributed by atoms with van der Waals surface area (Å²) in [5, 5.41) is 3.16. The minimum Gasteiger partial charge on any atom is -0.375 e. The molecular formula is C15H30N2O2. The Morgan fingerprint density at radius 3 is 2.74 bits per heavy atom. The van der Waals surface area contributed by atoms with Crippen LogP contribution in [0, 0.1) is 0 Å². The van der Waals surface area contributed by atoms with Crippen LogP contribution in [0.5, 0.6) is 0 Å². The van der Waals surface area contributed by atoms with Gasteiger partial charge >= 0.3 is 0 Å². The van der Waals surface area contributed by atoms with Gasteiger partial charge in [-0.2, -0.15) is 0 Å². The first-order valence-corrected chi connectivity index (χ1v) is 7.70. The van der Waals surface area contributed by atoms with E-state index in [-0.39, 0.29) is 23.6 Å². The lowest BCUT2D eigenvalue weighted by Crippen LogP contribution is -2.48. The van der Waals surface area contributed by atoms with E-state index in [1.54, 1.807) is 0 Å². The molecule has 0 saturated carbocycles. The van der Waals surface area contributed by atoms with Crippen molar-refractivity contribution >= 4 is 5.91 Å². The molecule has 1 fully saturated rings. The number of hydrogen-bond donors (Lipinski definition) is 2. The maximum atomic E-state index is 11.9. The number of carbonyl (C=O) groups is 1. The lowest BCUT2D eigenvalue weighted by Gasteiger charge is -2.40. The van der Waals surface area contributed by atoms with Crippen LogP contribution in [0.15, 0.2) is 0 Å². The molecular weight excluding hydrogens is 240 g/mol. The first-order chi connectivity index (χ1) is 9.01. The maximum Gasteiger partial charge on any atom is 0.220 e. The topological polar surface area (TPSA) is 64.4 Å². The number of rotatable bonds is 7.